The van der Waals surface area contributed by atoms with Crippen LogP contribution in [0.25, 0.3) is 0 Å². The molecule has 4 nitrogen and oxygen atoms in total. The summed E-state index contributed by atoms with van der Waals surface area (Å²) in [6, 6.07) is 5.72. The molecule has 0 spiro atoms. The van der Waals surface area contributed by atoms with Crippen LogP contribution in [0, 0.1) is 0 Å². The lowest BCUT2D eigenvalue weighted by Crippen LogP contribution is -2.76. The third-order valence-corrected chi connectivity index (χ3v) is 5.22. The van der Waals surface area contributed by atoms with Gasteiger partial charge in [-0.15, -0.1) is 0 Å². The second-order valence-electron chi connectivity index (χ2n) is 6.96. The molecule has 236 valence electrons. The molecule has 1 aromatic rings. The van der Waals surface area contributed by atoms with E-state index < -0.39 is 69.2 Å². The first kappa shape index (κ1) is 37.7. The van der Waals surface area contributed by atoms with Gasteiger partial charge in [0.2, 0.25) is 0 Å². The zero-order valence-electron chi connectivity index (χ0n) is 17.6. The fourth-order valence-electron chi connectivity index (χ4n) is 1.99. The molecule has 0 unspecified atom stereocenters. The van der Waals surface area contributed by atoms with Crippen molar-refractivity contribution in [3.05, 3.63) is 30.6 Å². The molecule has 0 saturated heterocycles. The van der Waals surface area contributed by atoms with Gasteiger partial charge < -0.3 is 0 Å². The minimum Gasteiger partial charge on any atom is -0.281 e. The van der Waals surface area contributed by atoms with Gasteiger partial charge in [-0.3, -0.25) is 9.54 Å². The maximum atomic E-state index is 13.3. The van der Waals surface area contributed by atoms with E-state index in [0.29, 0.717) is 0 Å². The molecule has 0 saturated carbocycles. The van der Waals surface area contributed by atoms with Crippen LogP contribution in [0.15, 0.2) is 30.6 Å². The van der Waals surface area contributed by atoms with Gasteiger partial charge in [0.1, 0.15) is 0 Å². The van der Waals surface area contributed by atoms with Crippen molar-refractivity contribution in [2.24, 2.45) is 0 Å². The first-order chi connectivity index (χ1) is 17.2. The van der Waals surface area contributed by atoms with Gasteiger partial charge in [-0.2, -0.15) is 87.4 Å². The molecule has 1 aromatic heterocycles. The number of hydrogen-bond donors (Lipinski definition) is 1. The van der Waals surface area contributed by atoms with E-state index in [1.165, 1.54) is 0 Å². The van der Waals surface area contributed by atoms with Crippen LogP contribution in [0.5, 0.6) is 0 Å². The minimum atomic E-state index is -9.24. The number of pyridine rings is 1. The van der Waals surface area contributed by atoms with E-state index in [1.54, 1.807) is 12.4 Å². The predicted octanol–water partition coefficient (Wildman–Crippen LogP) is 6.90. The van der Waals surface area contributed by atoms with Gasteiger partial charge in [-0.25, -0.2) is 8.78 Å². The van der Waals surface area contributed by atoms with Crippen LogP contribution < -0.4 is 0 Å². The molecule has 1 rings (SSSR count). The normalized spacial score (nSPS) is 15.6. The van der Waals surface area contributed by atoms with Crippen molar-refractivity contribution in [2.75, 3.05) is 0 Å². The SMILES string of the molecule is O=S(=O)(O)C(F)(F)C(F)(F)C(F)(F)C(F)(F)C(F)(F)C(F)(F)C(F)(F)C(F)(F)C(F)(F)C(F)F.c1ccncc1. The number of nitrogens with zero attached hydrogens (tertiary/aromatic N) is 1. The molecule has 0 amide bonds. The molecule has 0 fully saturated rings. The van der Waals surface area contributed by atoms with Crippen LogP contribution in [0.2, 0.25) is 0 Å². The summed E-state index contributed by atoms with van der Waals surface area (Å²) in [6.07, 6.45) is -2.67. The summed E-state index contributed by atoms with van der Waals surface area (Å²) in [6.45, 7) is 0. The average molecular weight is 661 g/mol. The predicted molar refractivity (Wildman–Crippen MR) is 86.3 cm³/mol. The highest BCUT2D eigenvalue weighted by Crippen LogP contribution is 2.65. The minimum absolute atomic E-state index is 1.75. The molecule has 1 N–H and O–H groups in total. The molecule has 0 aromatic carbocycles. The van der Waals surface area contributed by atoms with Crippen molar-refractivity contribution >= 4 is 10.1 Å². The lowest BCUT2D eigenvalue weighted by Gasteiger charge is -2.44. The molecule has 25 heteroatoms. The van der Waals surface area contributed by atoms with Gasteiger partial charge >= 0.3 is 69.2 Å². The highest BCUT2D eigenvalue weighted by atomic mass is 32.2. The lowest BCUT2D eigenvalue weighted by atomic mass is 9.87. The van der Waals surface area contributed by atoms with E-state index in [-0.39, 0.29) is 0 Å². The number of rotatable bonds is 10. The molecule has 0 aliphatic carbocycles. The van der Waals surface area contributed by atoms with E-state index >= 15 is 0 Å². The molecule has 1 heterocycles. The Morgan fingerprint density at radius 3 is 0.975 bits per heavy atom. The smallest absolute Gasteiger partial charge is 0.281 e. The second kappa shape index (κ2) is 10.5. The Labute approximate surface area is 206 Å². The molecule has 0 aliphatic heterocycles. The number of halogens is 20. The molecule has 0 radical (unpaired) electrons. The van der Waals surface area contributed by atoms with Gasteiger partial charge in [0.25, 0.3) is 0 Å². The highest BCUT2D eigenvalue weighted by Gasteiger charge is 2.97. The summed E-state index contributed by atoms with van der Waals surface area (Å²) in [5, 5.41) is -8.01. The van der Waals surface area contributed by atoms with Crippen molar-refractivity contribution in [3.8, 4) is 0 Å². The third-order valence-electron chi connectivity index (χ3n) is 4.31. The summed E-state index contributed by atoms with van der Waals surface area (Å²) >= 11 is 0. The first-order valence-electron chi connectivity index (χ1n) is 8.70. The maximum Gasteiger partial charge on any atom is 0.438 e. The largest absolute Gasteiger partial charge is 0.438 e. The Morgan fingerprint density at radius 2 is 0.775 bits per heavy atom. The number of hydrogen-bond acceptors (Lipinski definition) is 3. The zero-order valence-corrected chi connectivity index (χ0v) is 18.5. The van der Waals surface area contributed by atoms with Crippen LogP contribution in [0.3, 0.4) is 0 Å². The number of alkyl halides is 20. The van der Waals surface area contributed by atoms with Crippen molar-refractivity contribution in [1.82, 2.24) is 4.98 Å². The Morgan fingerprint density at radius 1 is 0.500 bits per heavy atom. The van der Waals surface area contributed by atoms with Crippen LogP contribution in [-0.4, -0.2) is 77.0 Å². The summed E-state index contributed by atoms with van der Waals surface area (Å²) in [7, 11) is -8.04. The fraction of sp³-hybridized carbons (Fsp3) is 0.667. The zero-order chi connectivity index (χ0) is 32.8. The molecule has 0 aliphatic rings. The Bertz CT molecular complexity index is 1080. The first-order valence-corrected chi connectivity index (χ1v) is 10.1. The molecule has 0 atom stereocenters. The van der Waals surface area contributed by atoms with Crippen LogP contribution in [0.1, 0.15) is 0 Å². The van der Waals surface area contributed by atoms with Crippen LogP contribution in [-0.2, 0) is 10.1 Å². The van der Waals surface area contributed by atoms with Crippen molar-refractivity contribution < 1.29 is 101 Å². The Kier molecular flexibility index (Phi) is 9.88. The summed E-state index contributed by atoms with van der Waals surface area (Å²) in [4.78, 5) is 3.78. The summed E-state index contributed by atoms with van der Waals surface area (Å²) < 4.78 is 286. The highest BCUT2D eigenvalue weighted by molar-refractivity contribution is 7.87. The monoisotopic (exact) mass is 661 g/mol. The van der Waals surface area contributed by atoms with E-state index in [9.17, 15) is 96.2 Å². The van der Waals surface area contributed by atoms with Gasteiger partial charge in [0, 0.05) is 12.4 Å². The third kappa shape index (κ3) is 5.21. The topological polar surface area (TPSA) is 67.3 Å². The lowest BCUT2D eigenvalue weighted by molar-refractivity contribution is -0.462. The molecule has 0 bridgehead atoms. The van der Waals surface area contributed by atoms with E-state index in [4.69, 9.17) is 4.55 Å². The molecular weight excluding hydrogens is 654 g/mol. The van der Waals surface area contributed by atoms with Gasteiger partial charge in [-0.05, 0) is 12.1 Å². The van der Waals surface area contributed by atoms with E-state index in [0.717, 1.165) is 0 Å². The van der Waals surface area contributed by atoms with Crippen molar-refractivity contribution in [3.63, 3.8) is 0 Å². The van der Waals surface area contributed by atoms with Gasteiger partial charge in [-0.1, -0.05) is 6.07 Å². The van der Waals surface area contributed by atoms with Gasteiger partial charge in [0.15, 0.2) is 0 Å². The molecular formula is C15H7F20NO3S. The molecule has 40 heavy (non-hydrogen) atoms. The Balaban J connectivity index is 0.00000221. The van der Waals surface area contributed by atoms with E-state index in [2.05, 4.69) is 4.98 Å². The van der Waals surface area contributed by atoms with Crippen LogP contribution in [0.4, 0.5) is 87.8 Å². The van der Waals surface area contributed by atoms with Crippen molar-refractivity contribution in [1.29, 1.82) is 0 Å². The Hall–Kier alpha value is -2.34. The van der Waals surface area contributed by atoms with Crippen molar-refractivity contribution in [2.45, 2.75) is 59.1 Å². The summed E-state index contributed by atoms with van der Waals surface area (Å²) in [5.41, 5.74) is 0. The summed E-state index contributed by atoms with van der Waals surface area (Å²) in [5.74, 6) is -70.6. The van der Waals surface area contributed by atoms with Gasteiger partial charge in [0.05, 0.1) is 0 Å². The number of aromatic nitrogens is 1. The quantitative estimate of drug-likeness (QED) is 0.219. The maximum absolute atomic E-state index is 13.3. The average Bonchev–Trinajstić information content (AvgIpc) is 2.78. The second-order valence-corrected chi connectivity index (χ2v) is 8.42. The van der Waals surface area contributed by atoms with Crippen LogP contribution >= 0.6 is 0 Å². The van der Waals surface area contributed by atoms with E-state index in [1.807, 2.05) is 18.2 Å². The standard InChI is InChI=1S/C10H2F20O3S.C5H5N/c11-1(12)2(13,14)3(15,16)4(17,18)5(19,20)6(21,22)7(23,24)8(25,26)9(27,28)10(29,30)34(31,32)33;1-2-4-6-5-3-1/h1H,(H,31,32,33);1-5H. The fourth-order valence-corrected chi connectivity index (χ4v) is 2.44.